The Morgan fingerprint density at radius 3 is 2.53 bits per heavy atom. The summed E-state index contributed by atoms with van der Waals surface area (Å²) in [6.45, 7) is 11.8. The Morgan fingerprint density at radius 1 is 1.12 bits per heavy atom. The zero-order valence-corrected chi connectivity index (χ0v) is 19.2. The Hall–Kier alpha value is -3.72. The molecule has 1 aromatic rings. The maximum Gasteiger partial charge on any atom is 0.349 e. The third-order valence-electron chi connectivity index (χ3n) is 5.21. The molecule has 0 saturated heterocycles. The van der Waals surface area contributed by atoms with Gasteiger partial charge in [0, 0.05) is 42.1 Å². The van der Waals surface area contributed by atoms with Crippen molar-refractivity contribution in [3.63, 3.8) is 0 Å². The zero-order valence-electron chi connectivity index (χ0n) is 19.2. The number of allylic oxidation sites excluding steroid dienone is 7. The molecule has 3 rings (SSSR count). The van der Waals surface area contributed by atoms with Gasteiger partial charge < -0.3 is 19.1 Å². The maximum atomic E-state index is 12.1. The SMILES string of the molecule is CCOC(=O)/C(C#N)=C1/C=C(C)OC(/C=C2\C=C(C)c3ccc(N(CC)CC)cc3O2)=C1. The molecule has 0 unspecified atom stereocenters. The molecule has 2 aliphatic heterocycles. The summed E-state index contributed by atoms with van der Waals surface area (Å²) < 4.78 is 17.0. The van der Waals surface area contributed by atoms with Gasteiger partial charge in [-0.15, -0.1) is 0 Å². The largest absolute Gasteiger partial charge is 0.462 e. The minimum Gasteiger partial charge on any atom is -0.462 e. The van der Waals surface area contributed by atoms with E-state index in [1.165, 1.54) is 0 Å². The summed E-state index contributed by atoms with van der Waals surface area (Å²) in [7, 11) is 0. The smallest absolute Gasteiger partial charge is 0.349 e. The van der Waals surface area contributed by atoms with E-state index in [-0.39, 0.29) is 12.2 Å². The Bertz CT molecular complexity index is 1110. The molecule has 0 spiro atoms. The molecule has 0 bridgehead atoms. The molecule has 0 aliphatic carbocycles. The van der Waals surface area contributed by atoms with Gasteiger partial charge in [-0.2, -0.15) is 5.26 Å². The zero-order chi connectivity index (χ0) is 23.3. The fourth-order valence-corrected chi connectivity index (χ4v) is 3.67. The third-order valence-corrected chi connectivity index (χ3v) is 5.21. The van der Waals surface area contributed by atoms with Gasteiger partial charge in [0.25, 0.3) is 0 Å². The second-order valence-electron chi connectivity index (χ2n) is 7.40. The Kier molecular flexibility index (Phi) is 7.21. The number of carbonyl (C=O) groups excluding carboxylic acids is 1. The molecule has 0 saturated carbocycles. The lowest BCUT2D eigenvalue weighted by atomic mass is 10.0. The number of fused-ring (bicyclic) bond motifs is 1. The number of benzene rings is 1. The molecule has 0 atom stereocenters. The van der Waals surface area contributed by atoms with E-state index in [1.807, 2.05) is 25.1 Å². The van der Waals surface area contributed by atoms with Crippen molar-refractivity contribution in [2.75, 3.05) is 24.6 Å². The highest BCUT2D eigenvalue weighted by atomic mass is 16.5. The molecule has 0 aromatic heterocycles. The number of ether oxygens (including phenoxy) is 3. The summed E-state index contributed by atoms with van der Waals surface area (Å²) in [5, 5.41) is 9.46. The van der Waals surface area contributed by atoms with Gasteiger partial charge >= 0.3 is 5.97 Å². The topological polar surface area (TPSA) is 71.8 Å². The molecule has 6 nitrogen and oxygen atoms in total. The second kappa shape index (κ2) is 10.1. The Labute approximate surface area is 189 Å². The van der Waals surface area contributed by atoms with Crippen LogP contribution in [0.25, 0.3) is 5.57 Å². The summed E-state index contributed by atoms with van der Waals surface area (Å²) in [6.07, 6.45) is 6.99. The summed E-state index contributed by atoms with van der Waals surface area (Å²) >= 11 is 0. The van der Waals surface area contributed by atoms with E-state index < -0.39 is 5.97 Å². The summed E-state index contributed by atoms with van der Waals surface area (Å²) in [5.74, 6) is 1.78. The fraction of sp³-hybridized carbons (Fsp3) is 0.308. The molecule has 0 fully saturated rings. The van der Waals surface area contributed by atoms with Gasteiger partial charge in [-0.25, -0.2) is 4.79 Å². The van der Waals surface area contributed by atoms with Crippen LogP contribution in [0.3, 0.4) is 0 Å². The predicted molar refractivity (Wildman–Crippen MR) is 125 cm³/mol. The lowest BCUT2D eigenvalue weighted by Gasteiger charge is -2.25. The molecule has 2 aliphatic rings. The van der Waals surface area contributed by atoms with Crippen molar-refractivity contribution >= 4 is 17.2 Å². The van der Waals surface area contributed by atoms with E-state index in [4.69, 9.17) is 14.2 Å². The number of nitrogens with zero attached hydrogens (tertiary/aromatic N) is 2. The monoisotopic (exact) mass is 432 g/mol. The van der Waals surface area contributed by atoms with Crippen LogP contribution in [0.15, 0.2) is 70.9 Å². The van der Waals surface area contributed by atoms with Crippen LogP contribution in [0.4, 0.5) is 5.69 Å². The minimum absolute atomic E-state index is 0.0594. The van der Waals surface area contributed by atoms with E-state index >= 15 is 0 Å². The van der Waals surface area contributed by atoms with Crippen LogP contribution in [0.5, 0.6) is 5.75 Å². The first-order valence-corrected chi connectivity index (χ1v) is 10.8. The number of carbonyl (C=O) groups is 1. The molecular formula is C26H28N2O4. The van der Waals surface area contributed by atoms with E-state index in [2.05, 4.69) is 30.9 Å². The molecule has 6 heteroatoms. The van der Waals surface area contributed by atoms with Crippen LogP contribution in [-0.2, 0) is 14.3 Å². The average Bonchev–Trinajstić information content (AvgIpc) is 2.75. The van der Waals surface area contributed by atoms with Gasteiger partial charge in [0.1, 0.15) is 34.7 Å². The van der Waals surface area contributed by atoms with Gasteiger partial charge in [0.2, 0.25) is 0 Å². The molecule has 0 N–H and O–H groups in total. The van der Waals surface area contributed by atoms with E-state index in [0.717, 1.165) is 35.7 Å². The van der Waals surface area contributed by atoms with Crippen molar-refractivity contribution in [1.82, 2.24) is 0 Å². The van der Waals surface area contributed by atoms with Gasteiger partial charge in [-0.1, -0.05) is 0 Å². The van der Waals surface area contributed by atoms with E-state index in [9.17, 15) is 10.1 Å². The number of nitriles is 1. The maximum absolute atomic E-state index is 12.1. The van der Waals surface area contributed by atoms with Crippen LogP contribution in [0.1, 0.15) is 40.2 Å². The number of hydrogen-bond acceptors (Lipinski definition) is 6. The molecule has 1 aromatic carbocycles. The van der Waals surface area contributed by atoms with Crippen LogP contribution < -0.4 is 9.64 Å². The summed E-state index contributed by atoms with van der Waals surface area (Å²) in [6, 6.07) is 8.18. The fourth-order valence-electron chi connectivity index (χ4n) is 3.67. The number of anilines is 1. The normalized spacial score (nSPS) is 17.6. The van der Waals surface area contributed by atoms with Crippen LogP contribution in [0, 0.1) is 11.3 Å². The van der Waals surface area contributed by atoms with Crippen molar-refractivity contribution in [2.24, 2.45) is 0 Å². The standard InChI is InChI=1S/C26H28N2O4/c1-6-28(7-2)20-9-10-23-17(4)11-21(32-25(23)14-20)15-22-13-19(12-18(5)31-22)24(16-27)26(29)30-8-3/h9-15H,6-8H2,1-5H3/b21-15+,24-19-. The lowest BCUT2D eigenvalue weighted by Crippen LogP contribution is -2.21. The van der Waals surface area contributed by atoms with Crippen LogP contribution in [-0.4, -0.2) is 25.7 Å². The number of esters is 1. The summed E-state index contributed by atoms with van der Waals surface area (Å²) in [4.78, 5) is 14.4. The molecule has 166 valence electrons. The second-order valence-corrected chi connectivity index (χ2v) is 7.40. The predicted octanol–water partition coefficient (Wildman–Crippen LogP) is 5.41. The van der Waals surface area contributed by atoms with Crippen molar-refractivity contribution in [3.8, 4) is 11.8 Å². The highest BCUT2D eigenvalue weighted by Gasteiger charge is 2.20. The highest BCUT2D eigenvalue weighted by Crippen LogP contribution is 2.37. The summed E-state index contributed by atoms with van der Waals surface area (Å²) in [5.41, 5.74) is 3.61. The van der Waals surface area contributed by atoms with Crippen molar-refractivity contribution < 1.29 is 19.0 Å². The molecule has 0 amide bonds. The molecule has 2 heterocycles. The Balaban J connectivity index is 1.96. The lowest BCUT2D eigenvalue weighted by molar-refractivity contribution is -0.138. The molecular weight excluding hydrogens is 404 g/mol. The Morgan fingerprint density at radius 2 is 1.88 bits per heavy atom. The van der Waals surface area contributed by atoms with Crippen LogP contribution >= 0.6 is 0 Å². The van der Waals surface area contributed by atoms with E-state index in [1.54, 1.807) is 32.1 Å². The van der Waals surface area contributed by atoms with Crippen LogP contribution in [0.2, 0.25) is 0 Å². The number of rotatable bonds is 6. The molecule has 32 heavy (non-hydrogen) atoms. The van der Waals surface area contributed by atoms with Crippen molar-refractivity contribution in [3.05, 3.63) is 76.5 Å². The van der Waals surface area contributed by atoms with Gasteiger partial charge in [0.15, 0.2) is 0 Å². The highest BCUT2D eigenvalue weighted by molar-refractivity contribution is 5.95. The first-order valence-electron chi connectivity index (χ1n) is 10.8. The number of hydrogen-bond donors (Lipinski definition) is 0. The first kappa shape index (κ1) is 23.0. The minimum atomic E-state index is -0.651. The van der Waals surface area contributed by atoms with Gasteiger partial charge in [-0.3, -0.25) is 0 Å². The van der Waals surface area contributed by atoms with Gasteiger partial charge in [-0.05, 0) is 70.6 Å². The average molecular weight is 433 g/mol. The quantitative estimate of drug-likeness (QED) is 0.340. The van der Waals surface area contributed by atoms with Gasteiger partial charge in [0.05, 0.1) is 6.61 Å². The first-order chi connectivity index (χ1) is 15.4. The van der Waals surface area contributed by atoms with Crippen molar-refractivity contribution in [1.29, 1.82) is 5.26 Å². The van der Waals surface area contributed by atoms with E-state index in [0.29, 0.717) is 22.9 Å². The van der Waals surface area contributed by atoms with Crippen molar-refractivity contribution in [2.45, 2.75) is 34.6 Å². The molecule has 0 radical (unpaired) electrons. The third kappa shape index (κ3) is 4.94.